The molecule has 3 heterocycles. The highest BCUT2D eigenvalue weighted by atomic mass is 79.9. The third-order valence-electron chi connectivity index (χ3n) is 5.37. The van der Waals surface area contributed by atoms with Gasteiger partial charge in [-0.1, -0.05) is 0 Å². The SMILES string of the molecule is COc1ccc(Nc2nc(NN3C[C@@H](C)N[C@@H](C)C3)ncc2F)cc1CCc1ccc(Br)s1. The maximum absolute atomic E-state index is 14.5. The third kappa shape index (κ3) is 6.41. The quantitative estimate of drug-likeness (QED) is 0.376. The zero-order valence-electron chi connectivity index (χ0n) is 18.9. The van der Waals surface area contributed by atoms with Crippen LogP contribution in [0, 0.1) is 5.82 Å². The molecule has 0 radical (unpaired) electrons. The summed E-state index contributed by atoms with van der Waals surface area (Å²) in [5, 5.41) is 8.63. The number of piperazine rings is 1. The van der Waals surface area contributed by atoms with Crippen molar-refractivity contribution < 1.29 is 9.13 Å². The van der Waals surface area contributed by atoms with Crippen LogP contribution in [0.4, 0.5) is 21.8 Å². The molecule has 176 valence electrons. The minimum atomic E-state index is -0.511. The zero-order chi connectivity index (χ0) is 23.4. The molecule has 1 aliphatic rings. The molecule has 0 aliphatic carbocycles. The smallest absolute Gasteiger partial charge is 0.239 e. The first-order valence-electron chi connectivity index (χ1n) is 10.9. The molecule has 1 aliphatic heterocycles. The average Bonchev–Trinajstić information content (AvgIpc) is 3.19. The Kier molecular flexibility index (Phi) is 7.79. The number of thiophene rings is 1. The van der Waals surface area contributed by atoms with E-state index < -0.39 is 5.82 Å². The van der Waals surface area contributed by atoms with Crippen LogP contribution in [0.5, 0.6) is 5.75 Å². The summed E-state index contributed by atoms with van der Waals surface area (Å²) >= 11 is 5.23. The summed E-state index contributed by atoms with van der Waals surface area (Å²) in [6.07, 6.45) is 2.89. The Morgan fingerprint density at radius 1 is 1.21 bits per heavy atom. The fourth-order valence-electron chi connectivity index (χ4n) is 4.00. The van der Waals surface area contributed by atoms with E-state index in [-0.39, 0.29) is 5.82 Å². The number of benzene rings is 1. The molecule has 0 amide bonds. The molecule has 2 aromatic heterocycles. The van der Waals surface area contributed by atoms with Crippen LogP contribution in [-0.2, 0) is 12.8 Å². The van der Waals surface area contributed by atoms with Gasteiger partial charge in [-0.15, -0.1) is 11.3 Å². The Morgan fingerprint density at radius 2 is 2.00 bits per heavy atom. The molecule has 0 saturated carbocycles. The van der Waals surface area contributed by atoms with Crippen LogP contribution < -0.4 is 20.8 Å². The fraction of sp³-hybridized carbons (Fsp3) is 0.391. The molecule has 0 unspecified atom stereocenters. The molecule has 2 atom stereocenters. The van der Waals surface area contributed by atoms with Gasteiger partial charge in [0.05, 0.1) is 17.1 Å². The van der Waals surface area contributed by atoms with Gasteiger partial charge in [0.15, 0.2) is 11.6 Å². The van der Waals surface area contributed by atoms with Crippen LogP contribution in [0.2, 0.25) is 0 Å². The lowest BCUT2D eigenvalue weighted by Crippen LogP contribution is -2.55. The van der Waals surface area contributed by atoms with Crippen molar-refractivity contribution in [3.8, 4) is 5.75 Å². The number of aryl methyl sites for hydroxylation is 2. The topological polar surface area (TPSA) is 74.3 Å². The lowest BCUT2D eigenvalue weighted by Gasteiger charge is -2.35. The number of methoxy groups -OCH3 is 1. The number of ether oxygens (including phenoxy) is 1. The minimum absolute atomic E-state index is 0.127. The van der Waals surface area contributed by atoms with Crippen LogP contribution in [0.25, 0.3) is 0 Å². The van der Waals surface area contributed by atoms with Crippen molar-refractivity contribution in [3.05, 3.63) is 56.6 Å². The molecule has 1 aromatic carbocycles. The lowest BCUT2D eigenvalue weighted by molar-refractivity contribution is 0.204. The van der Waals surface area contributed by atoms with E-state index in [1.807, 2.05) is 18.2 Å². The summed E-state index contributed by atoms with van der Waals surface area (Å²) in [7, 11) is 1.66. The van der Waals surface area contributed by atoms with Gasteiger partial charge in [0, 0.05) is 35.7 Å². The van der Waals surface area contributed by atoms with Crippen molar-refractivity contribution in [2.24, 2.45) is 0 Å². The summed E-state index contributed by atoms with van der Waals surface area (Å²) < 4.78 is 21.2. The molecule has 7 nitrogen and oxygen atoms in total. The van der Waals surface area contributed by atoms with Crippen molar-refractivity contribution in [2.45, 2.75) is 38.8 Å². The Balaban J connectivity index is 1.47. The molecule has 1 saturated heterocycles. The van der Waals surface area contributed by atoms with Gasteiger partial charge in [0.1, 0.15) is 5.75 Å². The number of halogens is 2. The summed E-state index contributed by atoms with van der Waals surface area (Å²) in [6, 6.07) is 10.6. The lowest BCUT2D eigenvalue weighted by atomic mass is 10.1. The third-order valence-corrected chi connectivity index (χ3v) is 7.06. The predicted molar refractivity (Wildman–Crippen MR) is 135 cm³/mol. The number of nitrogens with one attached hydrogen (secondary N) is 3. The summed E-state index contributed by atoms with van der Waals surface area (Å²) in [6.45, 7) is 5.86. The van der Waals surface area contributed by atoms with Gasteiger partial charge in [-0.05, 0) is 78.5 Å². The highest BCUT2D eigenvalue weighted by molar-refractivity contribution is 9.11. The van der Waals surface area contributed by atoms with Crippen molar-refractivity contribution in [2.75, 3.05) is 30.9 Å². The Bertz CT molecular complexity index is 1090. The number of hydrazine groups is 1. The molecule has 1 fully saturated rings. The largest absolute Gasteiger partial charge is 0.496 e. The molecular formula is C23H28BrFN6OS. The number of aromatic nitrogens is 2. The van der Waals surface area contributed by atoms with E-state index >= 15 is 0 Å². The van der Waals surface area contributed by atoms with E-state index in [0.29, 0.717) is 18.0 Å². The van der Waals surface area contributed by atoms with Crippen LogP contribution in [-0.4, -0.2) is 47.3 Å². The van der Waals surface area contributed by atoms with Gasteiger partial charge < -0.3 is 15.4 Å². The summed E-state index contributed by atoms with van der Waals surface area (Å²) in [5.41, 5.74) is 4.99. The summed E-state index contributed by atoms with van der Waals surface area (Å²) in [5.74, 6) is 0.784. The second kappa shape index (κ2) is 10.8. The number of rotatable bonds is 8. The van der Waals surface area contributed by atoms with Gasteiger partial charge in [-0.25, -0.2) is 14.4 Å². The Hall–Kier alpha value is -2.27. The predicted octanol–water partition coefficient (Wildman–Crippen LogP) is 4.99. The minimum Gasteiger partial charge on any atom is -0.496 e. The van der Waals surface area contributed by atoms with E-state index in [9.17, 15) is 4.39 Å². The number of nitrogens with zero attached hydrogens (tertiary/aromatic N) is 3. The highest BCUT2D eigenvalue weighted by Crippen LogP contribution is 2.29. The van der Waals surface area contributed by atoms with Crippen LogP contribution in [0.3, 0.4) is 0 Å². The van der Waals surface area contributed by atoms with Gasteiger partial charge in [-0.2, -0.15) is 4.98 Å². The maximum atomic E-state index is 14.5. The monoisotopic (exact) mass is 534 g/mol. The maximum Gasteiger partial charge on any atom is 0.239 e. The van der Waals surface area contributed by atoms with Crippen molar-refractivity contribution in [1.29, 1.82) is 0 Å². The van der Waals surface area contributed by atoms with Crippen molar-refractivity contribution in [1.82, 2.24) is 20.3 Å². The molecule has 4 rings (SSSR count). The highest BCUT2D eigenvalue weighted by Gasteiger charge is 2.21. The van der Waals surface area contributed by atoms with Gasteiger partial charge in [-0.3, -0.25) is 5.43 Å². The normalized spacial score (nSPS) is 18.8. The first kappa shape index (κ1) is 23.9. The van der Waals surface area contributed by atoms with Gasteiger partial charge >= 0.3 is 0 Å². The van der Waals surface area contributed by atoms with E-state index in [0.717, 1.165) is 46.7 Å². The molecule has 3 aromatic rings. The van der Waals surface area contributed by atoms with E-state index in [4.69, 9.17) is 4.74 Å². The molecule has 3 N–H and O–H groups in total. The molecular weight excluding hydrogens is 507 g/mol. The first-order valence-corrected chi connectivity index (χ1v) is 12.5. The van der Waals surface area contributed by atoms with Crippen LogP contribution in [0.15, 0.2) is 40.3 Å². The zero-order valence-corrected chi connectivity index (χ0v) is 21.3. The van der Waals surface area contributed by atoms with Crippen molar-refractivity contribution in [3.63, 3.8) is 0 Å². The standard InChI is InChI=1S/C23H28BrFN6OS/c1-14-12-31(13-15(2)27-14)30-23-26-11-19(25)22(29-23)28-17-5-8-20(32-3)16(10-17)4-6-18-7-9-21(24)33-18/h5,7-11,14-15,27H,4,6,12-13H2,1-3H3,(H2,26,28,29,30)/t14-,15+. The Labute approximate surface area is 205 Å². The average molecular weight is 535 g/mol. The number of hydrogen-bond donors (Lipinski definition) is 3. The molecule has 33 heavy (non-hydrogen) atoms. The van der Waals surface area contributed by atoms with E-state index in [1.54, 1.807) is 18.4 Å². The second-order valence-electron chi connectivity index (χ2n) is 8.23. The number of anilines is 3. The van der Waals surface area contributed by atoms with Gasteiger partial charge in [0.2, 0.25) is 5.95 Å². The number of hydrogen-bond acceptors (Lipinski definition) is 8. The Morgan fingerprint density at radius 3 is 2.70 bits per heavy atom. The van der Waals surface area contributed by atoms with Crippen molar-refractivity contribution >= 4 is 44.7 Å². The van der Waals surface area contributed by atoms with E-state index in [1.165, 1.54) is 11.1 Å². The second-order valence-corrected chi connectivity index (χ2v) is 10.8. The van der Waals surface area contributed by atoms with Crippen LogP contribution in [0.1, 0.15) is 24.3 Å². The first-order chi connectivity index (χ1) is 15.9. The van der Waals surface area contributed by atoms with Gasteiger partial charge in [0.25, 0.3) is 0 Å². The van der Waals surface area contributed by atoms with Crippen LogP contribution >= 0.6 is 27.3 Å². The van der Waals surface area contributed by atoms with E-state index in [2.05, 4.69) is 72.9 Å². The molecule has 0 spiro atoms. The molecule has 0 bridgehead atoms. The summed E-state index contributed by atoms with van der Waals surface area (Å²) in [4.78, 5) is 9.78. The fourth-order valence-corrected chi connectivity index (χ4v) is 5.48. The molecule has 10 heteroatoms.